The average Bonchev–Trinajstić information content (AvgIpc) is 3.57. The number of amides is 1. The van der Waals surface area contributed by atoms with E-state index in [0.29, 0.717) is 65.9 Å². The minimum atomic E-state index is -4.92. The van der Waals surface area contributed by atoms with Crippen molar-refractivity contribution in [3.05, 3.63) is 100 Å². The van der Waals surface area contributed by atoms with Gasteiger partial charge in [0.2, 0.25) is 0 Å². The zero-order valence-electron chi connectivity index (χ0n) is 21.8. The molecule has 1 amide bonds. The van der Waals surface area contributed by atoms with Gasteiger partial charge in [-0.15, -0.1) is 0 Å². The normalized spacial score (nSPS) is 14.3. The third-order valence-corrected chi connectivity index (χ3v) is 7.35. The minimum absolute atomic E-state index is 0.00638. The van der Waals surface area contributed by atoms with E-state index in [1.165, 1.54) is 23.1 Å². The highest BCUT2D eigenvalue weighted by atomic mass is 19.4. The smallest absolute Gasteiger partial charge is 0.337 e. The lowest BCUT2D eigenvalue weighted by Crippen LogP contribution is -2.40. The summed E-state index contributed by atoms with van der Waals surface area (Å²) in [5.74, 6) is -1.85. The first-order valence-electron chi connectivity index (χ1n) is 13.0. The largest absolute Gasteiger partial charge is 0.419 e. The van der Waals surface area contributed by atoms with Gasteiger partial charge < -0.3 is 9.88 Å². The summed E-state index contributed by atoms with van der Waals surface area (Å²) >= 11 is 0. The summed E-state index contributed by atoms with van der Waals surface area (Å²) in [5, 5.41) is 13.6. The van der Waals surface area contributed by atoms with E-state index in [9.17, 15) is 32.4 Å². The predicted molar refractivity (Wildman–Crippen MR) is 143 cm³/mol. The van der Waals surface area contributed by atoms with Crippen molar-refractivity contribution in [3.63, 3.8) is 0 Å². The molecule has 3 aromatic heterocycles. The first-order chi connectivity index (χ1) is 20.1. The van der Waals surface area contributed by atoms with Crippen molar-refractivity contribution in [2.24, 2.45) is 0 Å². The van der Waals surface area contributed by atoms with E-state index in [-0.39, 0.29) is 23.1 Å². The zero-order valence-corrected chi connectivity index (χ0v) is 21.8. The number of likely N-dealkylation sites (tertiary alicyclic amines) is 1. The highest BCUT2D eigenvalue weighted by Gasteiger charge is 2.35. The predicted octanol–water partition coefficient (Wildman–Crippen LogP) is 5.08. The number of nitrogens with one attached hydrogen (secondary N) is 1. The summed E-state index contributed by atoms with van der Waals surface area (Å²) in [6.07, 6.45) is -0.997. The van der Waals surface area contributed by atoms with E-state index in [0.717, 1.165) is 6.07 Å². The topological polar surface area (TPSA) is 113 Å². The highest BCUT2D eigenvalue weighted by Crippen LogP contribution is 2.34. The number of benzene rings is 2. The number of hydrogen-bond donors (Lipinski definition) is 1. The lowest BCUT2D eigenvalue weighted by Gasteiger charge is -2.32. The molecule has 1 N–H and O–H groups in total. The number of piperidine rings is 1. The van der Waals surface area contributed by atoms with Gasteiger partial charge in [-0.1, -0.05) is 0 Å². The molecule has 0 atom stereocenters. The van der Waals surface area contributed by atoms with Gasteiger partial charge in [0.1, 0.15) is 5.82 Å². The van der Waals surface area contributed by atoms with Crippen LogP contribution in [0.3, 0.4) is 0 Å². The molecule has 0 spiro atoms. The van der Waals surface area contributed by atoms with Crippen LogP contribution in [0.5, 0.6) is 0 Å². The molecule has 1 aliphatic heterocycles. The summed E-state index contributed by atoms with van der Waals surface area (Å²) in [5.41, 5.74) is 0.618. The minimum Gasteiger partial charge on any atom is -0.337 e. The van der Waals surface area contributed by atoms with Crippen LogP contribution < -0.4 is 5.69 Å². The van der Waals surface area contributed by atoms with Crippen LogP contribution in [0.15, 0.2) is 71.8 Å². The number of imidazole rings is 1. The van der Waals surface area contributed by atoms with Gasteiger partial charge in [0.05, 0.1) is 39.6 Å². The number of nitrogens with zero attached hydrogens (tertiary/aromatic N) is 6. The second kappa shape index (κ2) is 10.3. The molecular formula is C29H21F4N7O2. The fourth-order valence-corrected chi connectivity index (χ4v) is 5.31. The number of carbonyl (C=O) groups excluding carboxylic acids is 1. The maximum absolute atomic E-state index is 14.0. The zero-order chi connectivity index (χ0) is 29.6. The van der Waals surface area contributed by atoms with Gasteiger partial charge in [-0.3, -0.25) is 14.3 Å². The number of aromatic nitrogens is 5. The maximum Gasteiger partial charge on any atom is 0.419 e. The molecular weight excluding hydrogens is 554 g/mol. The van der Waals surface area contributed by atoms with Gasteiger partial charge in [0.15, 0.2) is 5.69 Å². The Morgan fingerprint density at radius 3 is 2.55 bits per heavy atom. The van der Waals surface area contributed by atoms with Crippen LogP contribution in [0.25, 0.3) is 28.0 Å². The lowest BCUT2D eigenvalue weighted by molar-refractivity contribution is -0.140. The van der Waals surface area contributed by atoms with E-state index < -0.39 is 23.5 Å². The number of fused-ring (bicyclic) bond motifs is 1. The second-order valence-electron chi connectivity index (χ2n) is 9.90. The van der Waals surface area contributed by atoms with Crippen molar-refractivity contribution < 1.29 is 22.4 Å². The quantitative estimate of drug-likeness (QED) is 0.300. The van der Waals surface area contributed by atoms with E-state index in [1.54, 1.807) is 39.8 Å². The molecule has 6 rings (SSSR count). The Kier molecular flexibility index (Phi) is 6.61. The second-order valence-corrected chi connectivity index (χ2v) is 9.90. The van der Waals surface area contributed by atoms with Gasteiger partial charge in [0, 0.05) is 37.1 Å². The van der Waals surface area contributed by atoms with Crippen LogP contribution >= 0.6 is 0 Å². The highest BCUT2D eigenvalue weighted by molar-refractivity contribution is 5.93. The van der Waals surface area contributed by atoms with Gasteiger partial charge in [-0.25, -0.2) is 13.9 Å². The molecule has 9 nitrogen and oxygen atoms in total. The maximum atomic E-state index is 14.0. The summed E-state index contributed by atoms with van der Waals surface area (Å²) in [6.45, 7) is 0.592. The number of pyridine rings is 1. The summed E-state index contributed by atoms with van der Waals surface area (Å²) in [7, 11) is 0. The van der Waals surface area contributed by atoms with Crippen LogP contribution in [0, 0.1) is 17.1 Å². The Labute approximate surface area is 235 Å². The molecule has 42 heavy (non-hydrogen) atoms. The fourth-order valence-electron chi connectivity index (χ4n) is 5.31. The molecule has 13 heteroatoms. The first kappa shape index (κ1) is 26.9. The number of halogens is 4. The average molecular weight is 576 g/mol. The van der Waals surface area contributed by atoms with Gasteiger partial charge >= 0.3 is 11.9 Å². The number of carbonyl (C=O) groups is 1. The molecule has 0 radical (unpaired) electrons. The number of nitriles is 1. The summed E-state index contributed by atoms with van der Waals surface area (Å²) in [6, 6.07) is 14.1. The van der Waals surface area contributed by atoms with Crippen molar-refractivity contribution in [1.82, 2.24) is 29.2 Å². The fraction of sp³-hybridized carbons (Fsp3) is 0.207. The van der Waals surface area contributed by atoms with Crippen LogP contribution in [0.2, 0.25) is 0 Å². The van der Waals surface area contributed by atoms with Crippen LogP contribution in [-0.2, 0) is 6.18 Å². The number of alkyl halides is 3. The molecule has 4 heterocycles. The number of rotatable bonds is 4. The monoisotopic (exact) mass is 575 g/mol. The SMILES string of the molecule is N#Cc1ccc2[nH]c(=O)n(C3CCN(C(=O)c4cc(-c5cccnc5)n(-c5ccc(F)c(C(F)(F)F)c5)n4)CC3)c2c1. The Hall–Kier alpha value is -5.25. The van der Waals surface area contributed by atoms with Gasteiger partial charge in [-0.05, 0) is 67.4 Å². The van der Waals surface area contributed by atoms with E-state index >= 15 is 0 Å². The molecule has 0 aliphatic carbocycles. The van der Waals surface area contributed by atoms with E-state index in [4.69, 9.17) is 0 Å². The summed E-state index contributed by atoms with van der Waals surface area (Å²) in [4.78, 5) is 34.7. The van der Waals surface area contributed by atoms with E-state index in [2.05, 4.69) is 21.1 Å². The lowest BCUT2D eigenvalue weighted by atomic mass is 10.0. The van der Waals surface area contributed by atoms with Crippen LogP contribution in [0.4, 0.5) is 17.6 Å². The van der Waals surface area contributed by atoms with E-state index in [1.807, 2.05) is 0 Å². The van der Waals surface area contributed by atoms with Crippen molar-refractivity contribution in [3.8, 4) is 23.0 Å². The number of hydrogen-bond acceptors (Lipinski definition) is 5. The third kappa shape index (κ3) is 4.81. The van der Waals surface area contributed by atoms with Crippen LogP contribution in [-0.4, -0.2) is 48.2 Å². The number of aromatic amines is 1. The van der Waals surface area contributed by atoms with Crippen molar-refractivity contribution >= 4 is 16.9 Å². The van der Waals surface area contributed by atoms with Crippen molar-refractivity contribution in [2.45, 2.75) is 25.1 Å². The van der Waals surface area contributed by atoms with Crippen molar-refractivity contribution in [2.75, 3.05) is 13.1 Å². The van der Waals surface area contributed by atoms with Gasteiger partial charge in [-0.2, -0.15) is 23.5 Å². The molecule has 1 fully saturated rings. The molecule has 0 bridgehead atoms. The molecule has 2 aromatic carbocycles. The molecule has 1 saturated heterocycles. The van der Waals surface area contributed by atoms with Gasteiger partial charge in [0.25, 0.3) is 5.91 Å². The third-order valence-electron chi connectivity index (χ3n) is 7.35. The first-order valence-corrected chi connectivity index (χ1v) is 13.0. The Balaban J connectivity index is 1.30. The summed E-state index contributed by atoms with van der Waals surface area (Å²) < 4.78 is 57.1. The van der Waals surface area contributed by atoms with Crippen LogP contribution in [0.1, 0.15) is 40.5 Å². The Morgan fingerprint density at radius 1 is 1.07 bits per heavy atom. The van der Waals surface area contributed by atoms with Crippen molar-refractivity contribution in [1.29, 1.82) is 5.26 Å². The molecule has 0 unspecified atom stereocenters. The molecule has 212 valence electrons. The molecule has 0 saturated carbocycles. The molecule has 1 aliphatic rings. The Morgan fingerprint density at radius 2 is 1.86 bits per heavy atom. The number of H-pyrrole nitrogens is 1. The standard InChI is InChI=1S/C29H21F4N7O2/c30-22-5-4-20(13-21(22)29(31,32)33)40-25(18-2-1-9-35-16-18)14-24(37-40)27(41)38-10-7-19(8-11-38)39-26-12-17(15-34)3-6-23(26)36-28(39)42/h1-6,9,12-14,16,19H,7-8,10-11H2,(H,36,42). The Bertz CT molecular complexity index is 1910. The molecule has 5 aromatic rings.